The maximum absolute atomic E-state index is 12.2. The molecule has 0 saturated heterocycles. The lowest BCUT2D eigenvalue weighted by atomic mass is 9.92. The second kappa shape index (κ2) is 21.9. The summed E-state index contributed by atoms with van der Waals surface area (Å²) in [7, 11) is 0. The summed E-state index contributed by atoms with van der Waals surface area (Å²) in [5.41, 5.74) is 5.87. The first-order chi connectivity index (χ1) is 35.7. The molecule has 4 aromatic rings. The maximum atomic E-state index is 12.2. The minimum absolute atomic E-state index is 0.00955. The summed E-state index contributed by atoms with van der Waals surface area (Å²) in [6, 6.07) is 13.1. The van der Waals surface area contributed by atoms with Crippen molar-refractivity contribution in [2.24, 2.45) is 40.9 Å². The molecule has 0 unspecified atom stereocenters. The number of nitrogens with zero attached hydrogens (tertiary/aromatic N) is 11. The van der Waals surface area contributed by atoms with Gasteiger partial charge in [0.1, 0.15) is 23.0 Å². The lowest BCUT2D eigenvalue weighted by Crippen LogP contribution is -1.99. The summed E-state index contributed by atoms with van der Waals surface area (Å²) in [6.45, 7) is 0. The summed E-state index contributed by atoms with van der Waals surface area (Å²) in [5.74, 6) is -0.437. The third kappa shape index (κ3) is 11.8. The second-order valence-corrected chi connectivity index (χ2v) is 18.2. The van der Waals surface area contributed by atoms with Crippen LogP contribution in [-0.4, -0.2) is 35.2 Å². The van der Waals surface area contributed by atoms with E-state index in [1.54, 1.807) is 48.5 Å². The Kier molecular flexibility index (Phi) is 14.7. The molecule has 0 atom stereocenters. The van der Waals surface area contributed by atoms with E-state index in [0.29, 0.717) is 88.4 Å². The van der Waals surface area contributed by atoms with Crippen LogP contribution in [0.5, 0.6) is 23.0 Å². The van der Waals surface area contributed by atoms with Gasteiger partial charge in [0.2, 0.25) is 0 Å². The third-order valence-corrected chi connectivity index (χ3v) is 12.9. The Bertz CT molecular complexity index is 3410. The number of fused-ring (bicyclic) bond motifs is 8. The smallest absolute Gasteiger partial charge is 0.267 e. The van der Waals surface area contributed by atoms with Gasteiger partial charge in [-0.15, -0.1) is 0 Å². The van der Waals surface area contributed by atoms with Gasteiger partial charge in [0.25, 0.3) is 17.1 Å². The van der Waals surface area contributed by atoms with E-state index in [9.17, 15) is 50.8 Å². The highest BCUT2D eigenvalue weighted by Crippen LogP contribution is 2.42. The van der Waals surface area contributed by atoms with Crippen molar-refractivity contribution in [1.29, 1.82) is 0 Å². The predicted molar refractivity (Wildman–Crippen MR) is 270 cm³/mol. The van der Waals surface area contributed by atoms with Crippen LogP contribution < -0.4 is 0 Å². The third-order valence-electron chi connectivity index (χ3n) is 12.9. The topological polar surface area (TPSA) is 309 Å². The molecule has 0 radical (unpaired) electrons. The van der Waals surface area contributed by atoms with Crippen LogP contribution in [0.25, 0.3) is 0 Å². The Morgan fingerprint density at radius 3 is 0.959 bits per heavy atom. The van der Waals surface area contributed by atoms with Crippen LogP contribution in [-0.2, 0) is 32.1 Å². The Labute approximate surface area is 422 Å². The van der Waals surface area contributed by atoms with Gasteiger partial charge in [-0.25, -0.2) is 0 Å². The fourth-order valence-electron chi connectivity index (χ4n) is 9.07. The van der Waals surface area contributed by atoms with Gasteiger partial charge in [0.15, 0.2) is 0 Å². The van der Waals surface area contributed by atoms with Gasteiger partial charge in [-0.3, -0.25) is 30.3 Å². The molecule has 0 spiro atoms. The van der Waals surface area contributed by atoms with Crippen LogP contribution in [0.2, 0.25) is 0 Å². The van der Waals surface area contributed by atoms with Crippen molar-refractivity contribution in [3.05, 3.63) is 218 Å². The molecule has 8 bridgehead atoms. The van der Waals surface area contributed by atoms with Crippen LogP contribution >= 0.6 is 0 Å². The summed E-state index contributed by atoms with van der Waals surface area (Å²) >= 11 is 0. The molecule has 74 heavy (non-hydrogen) atoms. The van der Waals surface area contributed by atoms with E-state index < -0.39 is 14.8 Å². The van der Waals surface area contributed by atoms with E-state index in [1.165, 1.54) is 36.5 Å². The van der Waals surface area contributed by atoms with Crippen molar-refractivity contribution in [3.63, 3.8) is 0 Å². The molecule has 9 rings (SSSR count). The number of azo groups is 4. The van der Waals surface area contributed by atoms with Crippen molar-refractivity contribution in [2.45, 2.75) is 83.5 Å². The minimum atomic E-state index is -0.526. The molecule has 21 nitrogen and oxygen atoms in total. The fourth-order valence-corrected chi connectivity index (χ4v) is 9.07. The Hall–Kier alpha value is -9.40. The highest BCUT2D eigenvalue weighted by molar-refractivity contribution is 5.62. The van der Waals surface area contributed by atoms with E-state index in [-0.39, 0.29) is 107 Å². The minimum Gasteiger partial charge on any atom is -0.507 e. The molecular formula is C53H47N11O10. The largest absolute Gasteiger partial charge is 0.507 e. The number of benzene rings is 4. The first kappa shape index (κ1) is 49.6. The Balaban J connectivity index is 1.17. The van der Waals surface area contributed by atoms with E-state index in [2.05, 4.69) is 40.9 Å². The highest BCUT2D eigenvalue weighted by Gasteiger charge is 2.23. The van der Waals surface area contributed by atoms with Gasteiger partial charge >= 0.3 is 0 Å². The molecule has 0 heterocycles. The summed E-state index contributed by atoms with van der Waals surface area (Å²) in [5, 5.41) is 118. The molecule has 21 heteroatoms. The van der Waals surface area contributed by atoms with Crippen molar-refractivity contribution in [2.75, 3.05) is 0 Å². The Morgan fingerprint density at radius 2 is 0.676 bits per heavy atom. The van der Waals surface area contributed by atoms with Crippen LogP contribution in [0.3, 0.4) is 0 Å². The van der Waals surface area contributed by atoms with Crippen LogP contribution in [0.1, 0.15) is 95.9 Å². The van der Waals surface area contributed by atoms with Crippen molar-refractivity contribution < 1.29 is 35.2 Å². The molecule has 0 saturated carbocycles. The van der Waals surface area contributed by atoms with Gasteiger partial charge in [-0.1, -0.05) is 25.0 Å². The monoisotopic (exact) mass is 997 g/mol. The number of phenols is 4. The summed E-state index contributed by atoms with van der Waals surface area (Å²) < 4.78 is 0. The summed E-state index contributed by atoms with van der Waals surface area (Å²) in [6.07, 6.45) is 18.7. The lowest BCUT2D eigenvalue weighted by molar-refractivity contribution is -0.418. The number of aromatic hydroxyl groups is 4. The summed E-state index contributed by atoms with van der Waals surface area (Å²) in [4.78, 5) is 32.8. The molecule has 5 aliphatic carbocycles. The number of nitro groups is 3. The van der Waals surface area contributed by atoms with E-state index in [1.807, 2.05) is 18.2 Å². The van der Waals surface area contributed by atoms with Crippen LogP contribution in [0.4, 0.5) is 22.7 Å². The normalized spacial score (nSPS) is 17.1. The van der Waals surface area contributed by atoms with Gasteiger partial charge in [0.05, 0.1) is 60.3 Å². The second-order valence-electron chi connectivity index (χ2n) is 18.2. The number of rotatable bonds is 11. The average Bonchev–Trinajstić information content (AvgIpc) is 4.24. The van der Waals surface area contributed by atoms with Gasteiger partial charge in [0, 0.05) is 96.6 Å². The fraction of sp³-hybridized carbons (Fsp3) is 0.245. The molecule has 0 aliphatic heterocycles. The molecule has 5 aliphatic rings. The zero-order valence-corrected chi connectivity index (χ0v) is 39.7. The predicted octanol–water partition coefficient (Wildman–Crippen LogP) is 13.5. The molecule has 0 amide bonds. The average molecular weight is 998 g/mol. The maximum Gasteiger partial charge on any atom is 0.267 e. The van der Waals surface area contributed by atoms with Crippen LogP contribution in [0.15, 0.2) is 184 Å². The number of allylic oxidation sites excluding steroid dienone is 9. The van der Waals surface area contributed by atoms with Gasteiger partial charge in [-0.05, 0) is 110 Å². The lowest BCUT2D eigenvalue weighted by Gasteiger charge is -2.17. The highest BCUT2D eigenvalue weighted by atomic mass is 16.6. The molecule has 0 aromatic heterocycles. The molecule has 4 N–H and O–H groups in total. The van der Waals surface area contributed by atoms with E-state index in [0.717, 1.165) is 18.5 Å². The van der Waals surface area contributed by atoms with Gasteiger partial charge in [-0.2, -0.15) is 40.9 Å². The van der Waals surface area contributed by atoms with Crippen molar-refractivity contribution in [1.82, 2.24) is 0 Å². The SMILES string of the molecule is O=[N+]([O-])C1=CCC(N=Nc2cc3c(O)c(c2)Cc2cc(N=NC4=CC([N+](=O)[O-])=CC4)cc(c2O)Cc2cc(N=NC4=CC([N+](=O)[O-])=CC4)cc(c2O)Cc2cc(N=NC4=CC=CC4)cc(c2O)CCCCCC3)=C1. The molecular weight excluding hydrogens is 951 g/mol. The zero-order chi connectivity index (χ0) is 51.9. The standard InChI is InChI=1S/C53H47N11O10/c65-50-31-7-3-1-2-4-8-32-21-44(59-55-40-11-14-47(28-40)62(69)70)23-34(51(32)66)18-36-25-46(61-57-42-13-16-49(30-42)64(73)74)27-38(53(36)68)19-37-26-45(60-56-41-12-15-48(29-41)63(71)72)24-35(52(37)67)17-33(50)22-43(20-31)58-54-39-9-5-6-10-39/h5-6,9,14-16,20-30,65-68H,1-4,7-8,10-13,17-19H2. The number of phenolic OH excluding ortho intramolecular Hbond substituents is 4. The molecule has 374 valence electrons. The first-order valence-corrected chi connectivity index (χ1v) is 23.8. The Morgan fingerprint density at radius 1 is 0.378 bits per heavy atom. The van der Waals surface area contributed by atoms with Crippen LogP contribution in [0, 0.1) is 30.3 Å². The van der Waals surface area contributed by atoms with E-state index in [4.69, 9.17) is 0 Å². The zero-order valence-electron chi connectivity index (χ0n) is 39.7. The quantitative estimate of drug-likeness (QED) is 0.0625. The first-order valence-electron chi connectivity index (χ1n) is 23.8. The number of hydrogen-bond donors (Lipinski definition) is 4. The van der Waals surface area contributed by atoms with Crippen molar-refractivity contribution in [3.8, 4) is 23.0 Å². The van der Waals surface area contributed by atoms with E-state index >= 15 is 0 Å². The van der Waals surface area contributed by atoms with Crippen molar-refractivity contribution >= 4 is 22.7 Å². The van der Waals surface area contributed by atoms with Gasteiger partial charge < -0.3 is 20.4 Å². The molecule has 4 aromatic carbocycles. The number of aryl methyl sites for hydroxylation is 2. The molecule has 0 fully saturated rings. The number of hydrogen-bond acceptors (Lipinski definition) is 18.